The molecule has 6 heteroatoms. The van der Waals surface area contributed by atoms with Crippen LogP contribution in [0.3, 0.4) is 0 Å². The molecule has 0 saturated carbocycles. The first-order chi connectivity index (χ1) is 11.9. The third-order valence-corrected chi connectivity index (χ3v) is 4.44. The Balaban J connectivity index is 2.25. The fourth-order valence-corrected chi connectivity index (χ4v) is 2.76. The number of methoxy groups -OCH3 is 1. The predicted molar refractivity (Wildman–Crippen MR) is 103 cm³/mol. The average Bonchev–Trinajstić information content (AvgIpc) is 2.53. The van der Waals surface area contributed by atoms with Crippen LogP contribution in [0.2, 0.25) is 0 Å². The van der Waals surface area contributed by atoms with Crippen molar-refractivity contribution in [2.24, 2.45) is 0 Å². The van der Waals surface area contributed by atoms with E-state index in [4.69, 9.17) is 9.47 Å². The summed E-state index contributed by atoms with van der Waals surface area (Å²) in [6.45, 7) is 4.16. The number of aryl methyl sites for hydroxylation is 2. The zero-order chi connectivity index (χ0) is 18.4. The number of rotatable bonds is 7. The van der Waals surface area contributed by atoms with Gasteiger partial charge in [-0.05, 0) is 37.6 Å². The van der Waals surface area contributed by atoms with Gasteiger partial charge in [0.25, 0.3) is 0 Å². The second-order valence-corrected chi connectivity index (χ2v) is 7.25. The highest BCUT2D eigenvalue weighted by molar-refractivity contribution is 7.84. The molecule has 0 amide bonds. The number of hydrogen-bond acceptors (Lipinski definition) is 4. The van der Waals surface area contributed by atoms with Crippen LogP contribution in [-0.2, 0) is 10.8 Å². The third-order valence-electron chi connectivity index (χ3n) is 3.69. The Morgan fingerprint density at radius 2 is 1.80 bits per heavy atom. The van der Waals surface area contributed by atoms with Gasteiger partial charge >= 0.3 is 0 Å². The van der Waals surface area contributed by atoms with Crippen LogP contribution in [-0.4, -0.2) is 34.5 Å². The summed E-state index contributed by atoms with van der Waals surface area (Å²) in [7, 11) is 0.689. The lowest BCUT2D eigenvalue weighted by Gasteiger charge is -2.12. The lowest BCUT2D eigenvalue weighted by Crippen LogP contribution is -2.08. The van der Waals surface area contributed by atoms with Crippen molar-refractivity contribution < 1.29 is 13.7 Å². The second-order valence-electron chi connectivity index (χ2n) is 5.70. The molecule has 2 rings (SSSR count). The topological polar surface area (TPSA) is 57.5 Å². The molecule has 25 heavy (non-hydrogen) atoms. The van der Waals surface area contributed by atoms with E-state index in [9.17, 15) is 9.00 Å². The lowest BCUT2D eigenvalue weighted by molar-refractivity contribution is 0.313. The van der Waals surface area contributed by atoms with Gasteiger partial charge in [0.05, 0.1) is 19.5 Å². The van der Waals surface area contributed by atoms with E-state index in [2.05, 4.69) is 0 Å². The van der Waals surface area contributed by atoms with Crippen LogP contribution in [0.5, 0.6) is 11.5 Å². The van der Waals surface area contributed by atoms with Crippen molar-refractivity contribution in [1.29, 1.82) is 0 Å². The van der Waals surface area contributed by atoms with E-state index < -0.39 is 10.8 Å². The van der Waals surface area contributed by atoms with Crippen LogP contribution in [0, 0.1) is 13.8 Å². The van der Waals surface area contributed by atoms with E-state index in [0.29, 0.717) is 23.9 Å². The fraction of sp³-hybridized carbons (Fsp3) is 0.316. The van der Waals surface area contributed by atoms with Gasteiger partial charge < -0.3 is 14.0 Å². The molecule has 0 aliphatic rings. The van der Waals surface area contributed by atoms with Crippen molar-refractivity contribution in [3.05, 3.63) is 57.5 Å². The summed E-state index contributed by atoms with van der Waals surface area (Å²) in [5, 5.41) is 0. The van der Waals surface area contributed by atoms with Crippen molar-refractivity contribution in [1.82, 2.24) is 4.57 Å². The van der Waals surface area contributed by atoms with E-state index in [-0.39, 0.29) is 5.43 Å². The summed E-state index contributed by atoms with van der Waals surface area (Å²) in [5.41, 5.74) is 2.69. The van der Waals surface area contributed by atoms with E-state index in [0.717, 1.165) is 17.0 Å². The van der Waals surface area contributed by atoms with Crippen molar-refractivity contribution in [3.8, 4) is 11.5 Å². The number of aromatic nitrogens is 1. The molecule has 2 aromatic rings. The number of hydrogen-bond donors (Lipinski definition) is 0. The van der Waals surface area contributed by atoms with Gasteiger partial charge in [-0.25, -0.2) is 0 Å². The van der Waals surface area contributed by atoms with Crippen molar-refractivity contribution >= 4 is 23.1 Å². The van der Waals surface area contributed by atoms with Gasteiger partial charge in [-0.3, -0.25) is 9.00 Å². The lowest BCUT2D eigenvalue weighted by atomic mass is 10.2. The minimum Gasteiger partial charge on any atom is -0.493 e. The molecule has 0 spiro atoms. The van der Waals surface area contributed by atoms with Gasteiger partial charge in [-0.15, -0.1) is 0 Å². The Hall–Kier alpha value is -2.34. The summed E-state index contributed by atoms with van der Waals surface area (Å²) >= 11 is 0. The first-order valence-electron chi connectivity index (χ1n) is 7.89. The molecule has 0 bridgehead atoms. The molecule has 1 heterocycles. The van der Waals surface area contributed by atoms with Crippen LogP contribution in [0.1, 0.15) is 17.0 Å². The zero-order valence-electron chi connectivity index (χ0n) is 14.9. The highest BCUT2D eigenvalue weighted by atomic mass is 32.2. The Morgan fingerprint density at radius 1 is 1.12 bits per heavy atom. The second kappa shape index (κ2) is 8.67. The average molecular weight is 361 g/mol. The summed E-state index contributed by atoms with van der Waals surface area (Å²) < 4.78 is 24.1. The van der Waals surface area contributed by atoms with Gasteiger partial charge in [0.2, 0.25) is 0 Å². The van der Waals surface area contributed by atoms with Crippen LogP contribution in [0.4, 0.5) is 0 Å². The molecule has 0 fully saturated rings. The van der Waals surface area contributed by atoms with Crippen LogP contribution in [0.15, 0.2) is 35.1 Å². The maximum atomic E-state index is 11.5. The summed E-state index contributed by atoms with van der Waals surface area (Å²) in [5.74, 6) is 1.72. The SMILES string of the molecule is COc1ccc(/C=C/n2c(C)cc(=O)cc2C)cc1OCCS(C)=O. The van der Waals surface area contributed by atoms with Gasteiger partial charge in [0.1, 0.15) is 0 Å². The summed E-state index contributed by atoms with van der Waals surface area (Å²) in [6, 6.07) is 8.84. The molecular formula is C19H23NO4S. The highest BCUT2D eigenvalue weighted by Crippen LogP contribution is 2.28. The van der Waals surface area contributed by atoms with Gasteiger partial charge in [0, 0.05) is 46.8 Å². The predicted octanol–water partition coefficient (Wildman–Crippen LogP) is 2.86. The quantitative estimate of drug-likeness (QED) is 0.761. The van der Waals surface area contributed by atoms with Gasteiger partial charge in [-0.2, -0.15) is 0 Å². The number of benzene rings is 1. The largest absolute Gasteiger partial charge is 0.493 e. The smallest absolute Gasteiger partial charge is 0.182 e. The number of nitrogens with zero attached hydrogens (tertiary/aromatic N) is 1. The van der Waals surface area contributed by atoms with E-state index in [1.54, 1.807) is 25.5 Å². The molecule has 0 saturated heterocycles. The van der Waals surface area contributed by atoms with E-state index in [1.807, 2.05) is 48.9 Å². The Labute approximate surface area is 150 Å². The van der Waals surface area contributed by atoms with E-state index in [1.165, 1.54) is 0 Å². The monoisotopic (exact) mass is 361 g/mol. The summed E-state index contributed by atoms with van der Waals surface area (Å²) in [4.78, 5) is 11.5. The molecule has 1 aromatic carbocycles. The molecule has 1 aromatic heterocycles. The molecule has 0 radical (unpaired) electrons. The summed E-state index contributed by atoms with van der Waals surface area (Å²) in [6.07, 6.45) is 5.50. The maximum absolute atomic E-state index is 11.5. The standard InChI is InChI=1S/C19H23NO4S/c1-14-11-17(21)12-15(2)20(14)8-7-16-5-6-18(23-3)19(13-16)24-9-10-25(4)22/h5-8,11-13H,9-10H2,1-4H3/b8-7+. The fourth-order valence-electron chi connectivity index (χ4n) is 2.45. The van der Waals surface area contributed by atoms with Gasteiger partial charge in [0.15, 0.2) is 16.9 Å². The van der Waals surface area contributed by atoms with Crippen molar-refractivity contribution in [3.63, 3.8) is 0 Å². The molecule has 0 N–H and O–H groups in total. The normalized spacial score (nSPS) is 12.3. The molecule has 5 nitrogen and oxygen atoms in total. The molecule has 0 aliphatic heterocycles. The molecule has 134 valence electrons. The molecule has 1 atom stereocenters. The highest BCUT2D eigenvalue weighted by Gasteiger charge is 2.06. The Bertz CT molecular complexity index is 829. The Kier molecular flexibility index (Phi) is 6.58. The van der Waals surface area contributed by atoms with Crippen LogP contribution in [0.25, 0.3) is 12.3 Å². The van der Waals surface area contributed by atoms with Gasteiger partial charge in [-0.1, -0.05) is 6.07 Å². The minimum atomic E-state index is -0.897. The van der Waals surface area contributed by atoms with E-state index >= 15 is 0 Å². The molecular weight excluding hydrogens is 338 g/mol. The first-order valence-corrected chi connectivity index (χ1v) is 9.62. The maximum Gasteiger partial charge on any atom is 0.182 e. The number of pyridine rings is 1. The number of ether oxygens (including phenoxy) is 2. The zero-order valence-corrected chi connectivity index (χ0v) is 15.8. The van der Waals surface area contributed by atoms with Crippen LogP contribution >= 0.6 is 0 Å². The van der Waals surface area contributed by atoms with Crippen molar-refractivity contribution in [2.75, 3.05) is 25.7 Å². The van der Waals surface area contributed by atoms with Crippen LogP contribution < -0.4 is 14.9 Å². The minimum absolute atomic E-state index is 0.00750. The van der Waals surface area contributed by atoms with Crippen molar-refractivity contribution in [2.45, 2.75) is 13.8 Å². The first kappa shape index (κ1) is 19.0. The molecule has 0 aliphatic carbocycles. The molecule has 1 unspecified atom stereocenters. The third kappa shape index (κ3) is 5.32. The Morgan fingerprint density at radius 3 is 2.40 bits per heavy atom.